The largest absolute Gasteiger partial charge is 0.484 e. The molecule has 1 aromatic rings. The van der Waals surface area contributed by atoms with E-state index in [4.69, 9.17) is 14.2 Å². The van der Waals surface area contributed by atoms with Crippen molar-refractivity contribution in [2.45, 2.75) is 25.4 Å². The van der Waals surface area contributed by atoms with Crippen LogP contribution in [-0.2, 0) is 14.3 Å². The first-order valence-corrected chi connectivity index (χ1v) is 8.23. The van der Waals surface area contributed by atoms with E-state index in [2.05, 4.69) is 0 Å². The number of rotatable bonds is 6. The van der Waals surface area contributed by atoms with E-state index >= 15 is 0 Å². The molecule has 0 saturated carbocycles. The van der Waals surface area contributed by atoms with E-state index in [9.17, 15) is 4.79 Å². The maximum atomic E-state index is 12.2. The number of hydrogen-bond donors (Lipinski definition) is 0. The summed E-state index contributed by atoms with van der Waals surface area (Å²) in [6.07, 6.45) is 2.06. The summed E-state index contributed by atoms with van der Waals surface area (Å²) in [5.74, 6) is 1.25. The Labute approximate surface area is 137 Å². The molecular formula is C18H25NO4. The predicted octanol–water partition coefficient (Wildman–Crippen LogP) is 2.03. The van der Waals surface area contributed by atoms with Crippen LogP contribution in [0.25, 0.3) is 0 Å². The number of nitrogens with zero attached hydrogens (tertiary/aromatic N) is 1. The lowest BCUT2D eigenvalue weighted by Crippen LogP contribution is -2.66. The Balaban J connectivity index is 1.46. The summed E-state index contributed by atoms with van der Waals surface area (Å²) in [5, 5.41) is 0. The van der Waals surface area contributed by atoms with Crippen LogP contribution in [0.5, 0.6) is 5.75 Å². The number of likely N-dealkylation sites (tertiary alicyclic amines) is 1. The molecule has 2 heterocycles. The van der Waals surface area contributed by atoms with E-state index in [1.165, 1.54) is 5.56 Å². The van der Waals surface area contributed by atoms with Gasteiger partial charge in [0.15, 0.2) is 6.61 Å². The minimum atomic E-state index is -0.141. The Morgan fingerprint density at radius 1 is 1.35 bits per heavy atom. The molecule has 3 rings (SSSR count). The normalized spacial score (nSPS) is 22.2. The van der Waals surface area contributed by atoms with Crippen LogP contribution in [0, 0.1) is 12.8 Å². The van der Waals surface area contributed by atoms with E-state index in [0.717, 1.165) is 31.8 Å². The first kappa shape index (κ1) is 16.3. The standard InChI is InChI=1S/C18H25NO4/c1-14-3-5-16(6-4-14)22-11-17(20)19-12-18(13-19)15(7-9-21-2)8-10-23-18/h3-6,15H,7-13H2,1-2H3. The fourth-order valence-electron chi connectivity index (χ4n) is 3.45. The molecule has 0 N–H and O–H groups in total. The maximum absolute atomic E-state index is 12.2. The third kappa shape index (κ3) is 3.51. The second-order valence-corrected chi connectivity index (χ2v) is 6.53. The zero-order valence-electron chi connectivity index (χ0n) is 13.9. The van der Waals surface area contributed by atoms with Gasteiger partial charge in [-0.2, -0.15) is 0 Å². The minimum Gasteiger partial charge on any atom is -0.484 e. The summed E-state index contributed by atoms with van der Waals surface area (Å²) in [6.45, 7) is 5.00. The highest BCUT2D eigenvalue weighted by Gasteiger charge is 2.54. The van der Waals surface area contributed by atoms with Crippen LogP contribution in [-0.4, -0.2) is 56.4 Å². The van der Waals surface area contributed by atoms with Crippen LogP contribution in [0.2, 0.25) is 0 Å². The number of benzene rings is 1. The van der Waals surface area contributed by atoms with Gasteiger partial charge in [-0.1, -0.05) is 17.7 Å². The summed E-state index contributed by atoms with van der Waals surface area (Å²) in [5.41, 5.74) is 1.03. The van der Waals surface area contributed by atoms with Gasteiger partial charge >= 0.3 is 0 Å². The Morgan fingerprint density at radius 2 is 2.09 bits per heavy atom. The van der Waals surface area contributed by atoms with Gasteiger partial charge in [-0.25, -0.2) is 0 Å². The molecule has 126 valence electrons. The van der Waals surface area contributed by atoms with E-state index in [1.807, 2.05) is 36.1 Å². The predicted molar refractivity (Wildman–Crippen MR) is 86.5 cm³/mol. The number of aryl methyl sites for hydroxylation is 1. The Bertz CT molecular complexity index is 536. The van der Waals surface area contributed by atoms with Crippen molar-refractivity contribution in [2.75, 3.05) is 40.0 Å². The molecule has 0 bridgehead atoms. The summed E-state index contributed by atoms with van der Waals surface area (Å²) >= 11 is 0. The van der Waals surface area contributed by atoms with Crippen molar-refractivity contribution in [1.29, 1.82) is 0 Å². The van der Waals surface area contributed by atoms with E-state index < -0.39 is 0 Å². The minimum absolute atomic E-state index is 0.0252. The average Bonchev–Trinajstić information content (AvgIpc) is 2.94. The number of carbonyl (C=O) groups is 1. The fourth-order valence-corrected chi connectivity index (χ4v) is 3.45. The van der Waals surface area contributed by atoms with Crippen molar-refractivity contribution < 1.29 is 19.0 Å². The lowest BCUT2D eigenvalue weighted by molar-refractivity contribution is -0.167. The van der Waals surface area contributed by atoms with Gasteiger partial charge in [-0.15, -0.1) is 0 Å². The third-order valence-electron chi connectivity index (χ3n) is 4.92. The van der Waals surface area contributed by atoms with Gasteiger partial charge in [0.2, 0.25) is 0 Å². The number of methoxy groups -OCH3 is 1. The van der Waals surface area contributed by atoms with Crippen LogP contribution in [0.15, 0.2) is 24.3 Å². The molecule has 2 aliphatic rings. The summed E-state index contributed by atoms with van der Waals surface area (Å²) < 4.78 is 16.7. The number of amides is 1. The molecule has 1 spiro atoms. The van der Waals surface area contributed by atoms with Gasteiger partial charge in [-0.3, -0.25) is 4.79 Å². The van der Waals surface area contributed by atoms with Crippen LogP contribution >= 0.6 is 0 Å². The SMILES string of the molecule is COCCC1CCOC12CN(C(=O)COc1ccc(C)cc1)C2. The summed E-state index contributed by atoms with van der Waals surface area (Å²) in [7, 11) is 1.72. The molecule has 1 amide bonds. The van der Waals surface area contributed by atoms with E-state index in [1.54, 1.807) is 7.11 Å². The van der Waals surface area contributed by atoms with Gasteiger partial charge < -0.3 is 19.1 Å². The zero-order chi connectivity index (χ0) is 16.3. The lowest BCUT2D eigenvalue weighted by atomic mass is 9.79. The number of hydrogen-bond acceptors (Lipinski definition) is 4. The van der Waals surface area contributed by atoms with Crippen molar-refractivity contribution >= 4 is 5.91 Å². The van der Waals surface area contributed by atoms with Crippen LogP contribution < -0.4 is 4.74 Å². The zero-order valence-corrected chi connectivity index (χ0v) is 13.9. The number of ether oxygens (including phenoxy) is 3. The van der Waals surface area contributed by atoms with Crippen molar-refractivity contribution in [1.82, 2.24) is 4.90 Å². The molecule has 0 aliphatic carbocycles. The number of carbonyl (C=O) groups excluding carboxylic acids is 1. The topological polar surface area (TPSA) is 48.0 Å². The second kappa shape index (κ2) is 6.89. The van der Waals surface area contributed by atoms with Crippen molar-refractivity contribution in [3.8, 4) is 5.75 Å². The Morgan fingerprint density at radius 3 is 2.78 bits per heavy atom. The maximum Gasteiger partial charge on any atom is 0.260 e. The van der Waals surface area contributed by atoms with Crippen molar-refractivity contribution in [3.63, 3.8) is 0 Å². The summed E-state index contributed by atoms with van der Waals surface area (Å²) in [6, 6.07) is 7.73. The molecule has 0 aromatic heterocycles. The molecule has 1 aromatic carbocycles. The molecule has 1 atom stereocenters. The van der Waals surface area contributed by atoms with Crippen LogP contribution in [0.3, 0.4) is 0 Å². The fraction of sp³-hybridized carbons (Fsp3) is 0.611. The quantitative estimate of drug-likeness (QED) is 0.805. The molecule has 5 heteroatoms. The first-order valence-electron chi connectivity index (χ1n) is 8.23. The molecule has 5 nitrogen and oxygen atoms in total. The van der Waals surface area contributed by atoms with Gasteiger partial charge in [0.1, 0.15) is 11.4 Å². The first-order chi connectivity index (χ1) is 11.1. The van der Waals surface area contributed by atoms with Gasteiger partial charge in [0.05, 0.1) is 13.1 Å². The molecule has 1 unspecified atom stereocenters. The molecular weight excluding hydrogens is 294 g/mol. The van der Waals surface area contributed by atoms with Crippen LogP contribution in [0.4, 0.5) is 0 Å². The van der Waals surface area contributed by atoms with Gasteiger partial charge in [0, 0.05) is 20.3 Å². The van der Waals surface area contributed by atoms with Crippen molar-refractivity contribution in [3.05, 3.63) is 29.8 Å². The highest BCUT2D eigenvalue weighted by atomic mass is 16.5. The molecule has 0 radical (unpaired) electrons. The smallest absolute Gasteiger partial charge is 0.260 e. The molecule has 2 fully saturated rings. The van der Waals surface area contributed by atoms with E-state index in [-0.39, 0.29) is 18.1 Å². The second-order valence-electron chi connectivity index (χ2n) is 6.53. The molecule has 2 saturated heterocycles. The third-order valence-corrected chi connectivity index (χ3v) is 4.92. The van der Waals surface area contributed by atoms with E-state index in [0.29, 0.717) is 19.0 Å². The Kier molecular flexibility index (Phi) is 4.87. The Hall–Kier alpha value is -1.59. The highest BCUT2D eigenvalue weighted by molar-refractivity contribution is 5.79. The lowest BCUT2D eigenvalue weighted by Gasteiger charge is -2.50. The summed E-state index contributed by atoms with van der Waals surface area (Å²) in [4.78, 5) is 14.1. The van der Waals surface area contributed by atoms with Gasteiger partial charge in [-0.05, 0) is 37.8 Å². The molecule has 23 heavy (non-hydrogen) atoms. The molecule has 2 aliphatic heterocycles. The monoisotopic (exact) mass is 319 g/mol. The average molecular weight is 319 g/mol. The highest BCUT2D eigenvalue weighted by Crippen LogP contribution is 2.41. The van der Waals surface area contributed by atoms with Gasteiger partial charge in [0.25, 0.3) is 5.91 Å². The van der Waals surface area contributed by atoms with Crippen molar-refractivity contribution in [2.24, 2.45) is 5.92 Å². The van der Waals surface area contributed by atoms with Crippen LogP contribution in [0.1, 0.15) is 18.4 Å².